The Labute approximate surface area is 109 Å². The first-order valence-electron chi connectivity index (χ1n) is 6.31. The van der Waals surface area contributed by atoms with Gasteiger partial charge in [-0.25, -0.2) is 14.4 Å². The molecule has 3 aromatic rings. The predicted octanol–water partition coefficient (Wildman–Crippen LogP) is 3.16. The summed E-state index contributed by atoms with van der Waals surface area (Å²) in [7, 11) is 0. The molecule has 2 aromatic heterocycles. The summed E-state index contributed by atoms with van der Waals surface area (Å²) in [5.41, 5.74) is 1.15. The van der Waals surface area contributed by atoms with Crippen LogP contribution in [-0.4, -0.2) is 14.5 Å². The van der Waals surface area contributed by atoms with Crippen LogP contribution in [0.3, 0.4) is 0 Å². The van der Waals surface area contributed by atoms with Crippen molar-refractivity contribution < 1.29 is 8.81 Å². The summed E-state index contributed by atoms with van der Waals surface area (Å²) in [5, 5.41) is 0. The Balaban J connectivity index is 1.90. The van der Waals surface area contributed by atoms with Crippen molar-refractivity contribution >= 4 is 11.1 Å². The monoisotopic (exact) mass is 259 g/mol. The molecule has 0 aliphatic heterocycles. The third-order valence-corrected chi connectivity index (χ3v) is 2.97. The molecule has 0 saturated carbocycles. The van der Waals surface area contributed by atoms with E-state index in [9.17, 15) is 4.39 Å². The van der Waals surface area contributed by atoms with Crippen molar-refractivity contribution in [2.45, 2.75) is 26.3 Å². The van der Waals surface area contributed by atoms with E-state index in [0.29, 0.717) is 23.5 Å². The second kappa shape index (κ2) is 4.84. The molecule has 3 rings (SSSR count). The van der Waals surface area contributed by atoms with E-state index in [4.69, 9.17) is 4.42 Å². The SMILES string of the molecule is CCCc1nccn1Cc1nc2cc(F)ccc2o1. The van der Waals surface area contributed by atoms with Crippen LogP contribution in [0.25, 0.3) is 11.1 Å². The summed E-state index contributed by atoms with van der Waals surface area (Å²) in [6.45, 7) is 2.63. The van der Waals surface area contributed by atoms with Crippen molar-refractivity contribution in [1.29, 1.82) is 0 Å². The second-order valence-electron chi connectivity index (χ2n) is 4.44. The maximum Gasteiger partial charge on any atom is 0.215 e. The van der Waals surface area contributed by atoms with Crippen molar-refractivity contribution in [3.8, 4) is 0 Å². The Morgan fingerprint density at radius 3 is 3.11 bits per heavy atom. The van der Waals surface area contributed by atoms with Crippen molar-refractivity contribution in [3.63, 3.8) is 0 Å². The van der Waals surface area contributed by atoms with Gasteiger partial charge in [-0.3, -0.25) is 0 Å². The zero-order valence-corrected chi connectivity index (χ0v) is 10.6. The number of imidazole rings is 1. The predicted molar refractivity (Wildman–Crippen MR) is 69.3 cm³/mol. The first-order valence-corrected chi connectivity index (χ1v) is 6.31. The van der Waals surface area contributed by atoms with E-state index in [0.717, 1.165) is 18.7 Å². The van der Waals surface area contributed by atoms with Crippen LogP contribution < -0.4 is 0 Å². The molecule has 1 aromatic carbocycles. The second-order valence-corrected chi connectivity index (χ2v) is 4.44. The molecule has 0 aliphatic carbocycles. The molecule has 5 heteroatoms. The standard InChI is InChI=1S/C14H14FN3O/c1-2-3-13-16-6-7-18(13)9-14-17-11-8-10(15)4-5-12(11)19-14/h4-8H,2-3,9H2,1H3. The summed E-state index contributed by atoms with van der Waals surface area (Å²) in [6, 6.07) is 4.35. The summed E-state index contributed by atoms with van der Waals surface area (Å²) in [4.78, 5) is 8.60. The molecule has 2 heterocycles. The molecule has 4 nitrogen and oxygen atoms in total. The van der Waals surface area contributed by atoms with Gasteiger partial charge in [0.25, 0.3) is 0 Å². The smallest absolute Gasteiger partial charge is 0.215 e. The van der Waals surface area contributed by atoms with Crippen LogP contribution in [0.4, 0.5) is 4.39 Å². The van der Waals surface area contributed by atoms with Gasteiger partial charge < -0.3 is 8.98 Å². The Hall–Kier alpha value is -2.17. The van der Waals surface area contributed by atoms with Crippen LogP contribution in [-0.2, 0) is 13.0 Å². The molecular weight excluding hydrogens is 245 g/mol. The zero-order chi connectivity index (χ0) is 13.2. The number of rotatable bonds is 4. The van der Waals surface area contributed by atoms with E-state index in [1.807, 2.05) is 10.8 Å². The van der Waals surface area contributed by atoms with Gasteiger partial charge in [0.1, 0.15) is 23.7 Å². The molecule has 0 saturated heterocycles. The van der Waals surface area contributed by atoms with E-state index in [-0.39, 0.29) is 5.82 Å². The number of aromatic nitrogens is 3. The molecule has 0 amide bonds. The van der Waals surface area contributed by atoms with Crippen LogP contribution in [0.5, 0.6) is 0 Å². The van der Waals surface area contributed by atoms with Crippen LogP contribution in [0.15, 0.2) is 35.0 Å². The summed E-state index contributed by atoms with van der Waals surface area (Å²) in [6.07, 6.45) is 5.63. The number of oxazole rings is 1. The molecule has 0 spiro atoms. The summed E-state index contributed by atoms with van der Waals surface area (Å²) < 4.78 is 20.7. The first kappa shape index (κ1) is 11.9. The molecule has 0 unspecified atom stereocenters. The number of nitrogens with zero attached hydrogens (tertiary/aromatic N) is 3. The van der Waals surface area contributed by atoms with E-state index >= 15 is 0 Å². The van der Waals surface area contributed by atoms with Gasteiger partial charge in [-0.15, -0.1) is 0 Å². The highest BCUT2D eigenvalue weighted by molar-refractivity contribution is 5.72. The molecule has 0 radical (unpaired) electrons. The Kier molecular flexibility index (Phi) is 3.03. The molecule has 0 aliphatic rings. The Morgan fingerprint density at radius 1 is 1.37 bits per heavy atom. The third-order valence-electron chi connectivity index (χ3n) is 2.97. The number of aryl methyl sites for hydroxylation is 1. The lowest BCUT2D eigenvalue weighted by atomic mass is 10.3. The minimum absolute atomic E-state index is 0.304. The molecule has 0 N–H and O–H groups in total. The molecule has 0 atom stereocenters. The fraction of sp³-hybridized carbons (Fsp3) is 0.286. The van der Waals surface area contributed by atoms with Crippen LogP contribution in [0.2, 0.25) is 0 Å². The molecule has 0 bridgehead atoms. The summed E-state index contributed by atoms with van der Waals surface area (Å²) >= 11 is 0. The lowest BCUT2D eigenvalue weighted by Crippen LogP contribution is -2.04. The van der Waals surface area contributed by atoms with Gasteiger partial charge in [-0.1, -0.05) is 6.92 Å². The molecule has 98 valence electrons. The fourth-order valence-electron chi connectivity index (χ4n) is 2.10. The average molecular weight is 259 g/mol. The van der Waals surface area contributed by atoms with Gasteiger partial charge >= 0.3 is 0 Å². The normalized spacial score (nSPS) is 11.3. The molecular formula is C14H14FN3O. The van der Waals surface area contributed by atoms with Gasteiger partial charge in [-0.2, -0.15) is 0 Å². The largest absolute Gasteiger partial charge is 0.439 e. The Morgan fingerprint density at radius 2 is 2.26 bits per heavy atom. The highest BCUT2D eigenvalue weighted by atomic mass is 19.1. The van der Waals surface area contributed by atoms with Crippen molar-refractivity contribution in [1.82, 2.24) is 14.5 Å². The fourth-order valence-corrected chi connectivity index (χ4v) is 2.10. The lowest BCUT2D eigenvalue weighted by molar-refractivity contribution is 0.501. The van der Waals surface area contributed by atoms with Gasteiger partial charge in [0, 0.05) is 24.9 Å². The minimum atomic E-state index is -0.304. The first-order chi connectivity index (χ1) is 9.26. The molecule has 0 fully saturated rings. The van der Waals surface area contributed by atoms with E-state index < -0.39 is 0 Å². The van der Waals surface area contributed by atoms with E-state index in [1.165, 1.54) is 12.1 Å². The lowest BCUT2D eigenvalue weighted by Gasteiger charge is -2.03. The number of hydrogen-bond acceptors (Lipinski definition) is 3. The quantitative estimate of drug-likeness (QED) is 0.722. The van der Waals surface area contributed by atoms with Gasteiger partial charge in [0.05, 0.1) is 0 Å². The highest BCUT2D eigenvalue weighted by Crippen LogP contribution is 2.17. The van der Waals surface area contributed by atoms with E-state index in [1.54, 1.807) is 12.3 Å². The maximum atomic E-state index is 13.1. The summed E-state index contributed by atoms with van der Waals surface area (Å²) in [5.74, 6) is 1.27. The number of fused-ring (bicyclic) bond motifs is 1. The highest BCUT2D eigenvalue weighted by Gasteiger charge is 2.09. The van der Waals surface area contributed by atoms with Crippen LogP contribution >= 0.6 is 0 Å². The minimum Gasteiger partial charge on any atom is -0.439 e. The van der Waals surface area contributed by atoms with Crippen LogP contribution in [0, 0.1) is 5.82 Å². The maximum absolute atomic E-state index is 13.1. The van der Waals surface area contributed by atoms with Crippen molar-refractivity contribution in [2.24, 2.45) is 0 Å². The zero-order valence-electron chi connectivity index (χ0n) is 10.6. The number of benzene rings is 1. The average Bonchev–Trinajstić information content (AvgIpc) is 2.97. The molecule has 19 heavy (non-hydrogen) atoms. The number of hydrogen-bond donors (Lipinski definition) is 0. The third kappa shape index (κ3) is 2.36. The van der Waals surface area contributed by atoms with Gasteiger partial charge in [0.2, 0.25) is 5.89 Å². The Bertz CT molecular complexity index is 702. The number of halogens is 1. The van der Waals surface area contributed by atoms with Crippen LogP contribution in [0.1, 0.15) is 25.1 Å². The topological polar surface area (TPSA) is 43.9 Å². The van der Waals surface area contributed by atoms with Gasteiger partial charge in [0.15, 0.2) is 5.58 Å². The van der Waals surface area contributed by atoms with Crippen molar-refractivity contribution in [2.75, 3.05) is 0 Å². The van der Waals surface area contributed by atoms with Gasteiger partial charge in [-0.05, 0) is 18.6 Å². The van der Waals surface area contributed by atoms with E-state index in [2.05, 4.69) is 16.9 Å². The van der Waals surface area contributed by atoms with Crippen molar-refractivity contribution in [3.05, 3.63) is 48.1 Å².